The molecule has 0 unspecified atom stereocenters. The van der Waals surface area contributed by atoms with Gasteiger partial charge in [0, 0.05) is 13.0 Å². The Labute approximate surface area is 144 Å². The molecular formula is C19H38O3Si. The quantitative estimate of drug-likeness (QED) is 0.207. The van der Waals surface area contributed by atoms with E-state index in [-0.39, 0.29) is 6.42 Å². The van der Waals surface area contributed by atoms with Crippen molar-refractivity contribution in [1.82, 2.24) is 0 Å². The maximum Gasteiger partial charge on any atom is 0.303 e. The van der Waals surface area contributed by atoms with Gasteiger partial charge in [-0.15, -0.1) is 0 Å². The molecule has 4 heteroatoms. The number of rotatable bonds is 16. The largest absolute Gasteiger partial charge is 0.481 e. The Morgan fingerprint density at radius 2 is 1.57 bits per heavy atom. The maximum atomic E-state index is 10.4. The summed E-state index contributed by atoms with van der Waals surface area (Å²) in [7, 11) is -1.37. The van der Waals surface area contributed by atoms with Gasteiger partial charge in [0.25, 0.3) is 0 Å². The minimum atomic E-state index is -1.37. The molecule has 0 rings (SSSR count). The number of hydrogen-bond donors (Lipinski definition) is 1. The monoisotopic (exact) mass is 342 g/mol. The first-order valence-corrected chi connectivity index (χ1v) is 12.6. The third kappa shape index (κ3) is 17.6. The molecule has 0 aliphatic carbocycles. The summed E-state index contributed by atoms with van der Waals surface area (Å²) in [6, 6.07) is 1.29. The van der Waals surface area contributed by atoms with Crippen molar-refractivity contribution in [3.8, 4) is 0 Å². The molecule has 1 N–H and O–H groups in total. The Kier molecular flexibility index (Phi) is 14.5. The maximum absolute atomic E-state index is 10.4. The predicted octanol–water partition coefficient (Wildman–Crippen LogP) is 6.16. The van der Waals surface area contributed by atoms with Crippen molar-refractivity contribution >= 4 is 14.3 Å². The molecule has 23 heavy (non-hydrogen) atoms. The smallest absolute Gasteiger partial charge is 0.303 e. The Bertz CT molecular complexity index is 314. The molecule has 136 valence electrons. The van der Waals surface area contributed by atoms with Gasteiger partial charge in [-0.05, 0) is 51.2 Å². The van der Waals surface area contributed by atoms with Crippen molar-refractivity contribution < 1.29 is 14.3 Å². The Morgan fingerprint density at radius 1 is 0.957 bits per heavy atom. The summed E-state index contributed by atoms with van der Waals surface area (Å²) in [6.07, 6.45) is 16.3. The van der Waals surface area contributed by atoms with Crippen molar-refractivity contribution in [2.75, 3.05) is 6.61 Å². The first-order valence-electron chi connectivity index (χ1n) is 9.48. The number of allylic oxidation sites excluding steroid dienone is 2. The van der Waals surface area contributed by atoms with Gasteiger partial charge in [0.15, 0.2) is 8.32 Å². The average molecular weight is 343 g/mol. The number of carboxylic acids is 1. The zero-order valence-electron chi connectivity index (χ0n) is 15.6. The summed E-state index contributed by atoms with van der Waals surface area (Å²) in [5.74, 6) is -0.696. The van der Waals surface area contributed by atoms with Crippen molar-refractivity contribution in [2.24, 2.45) is 0 Å². The number of hydrogen-bond acceptors (Lipinski definition) is 2. The van der Waals surface area contributed by atoms with E-state index in [9.17, 15) is 4.79 Å². The van der Waals surface area contributed by atoms with Gasteiger partial charge in [-0.1, -0.05) is 51.2 Å². The van der Waals surface area contributed by atoms with E-state index < -0.39 is 14.3 Å². The van der Waals surface area contributed by atoms with E-state index in [4.69, 9.17) is 9.53 Å². The Morgan fingerprint density at radius 3 is 2.22 bits per heavy atom. The number of unbranched alkanes of at least 4 members (excludes halogenated alkanes) is 7. The molecule has 0 saturated heterocycles. The minimum Gasteiger partial charge on any atom is -0.481 e. The van der Waals surface area contributed by atoms with Crippen LogP contribution in [0, 0.1) is 0 Å². The highest BCUT2D eigenvalue weighted by Gasteiger charge is 2.20. The van der Waals surface area contributed by atoms with Gasteiger partial charge in [0.1, 0.15) is 0 Å². The topological polar surface area (TPSA) is 46.5 Å². The highest BCUT2D eigenvalue weighted by molar-refractivity contribution is 6.71. The second-order valence-corrected chi connectivity index (χ2v) is 11.3. The van der Waals surface area contributed by atoms with Crippen LogP contribution in [0.3, 0.4) is 0 Å². The van der Waals surface area contributed by atoms with Crippen LogP contribution in [-0.2, 0) is 9.22 Å². The van der Waals surface area contributed by atoms with Crippen molar-refractivity contribution in [1.29, 1.82) is 0 Å². The second-order valence-electron chi connectivity index (χ2n) is 7.03. The molecule has 0 atom stereocenters. The first kappa shape index (κ1) is 22.4. The SMILES string of the molecule is CCCC[Si](C)(C)OCCCCCCCC=CCCCC(=O)O. The average Bonchev–Trinajstić information content (AvgIpc) is 2.49. The van der Waals surface area contributed by atoms with Gasteiger partial charge in [-0.2, -0.15) is 0 Å². The predicted molar refractivity (Wildman–Crippen MR) is 101 cm³/mol. The van der Waals surface area contributed by atoms with Crippen molar-refractivity contribution in [3.05, 3.63) is 12.2 Å². The van der Waals surface area contributed by atoms with Crippen LogP contribution >= 0.6 is 0 Å². The third-order valence-electron chi connectivity index (χ3n) is 4.07. The molecule has 0 amide bonds. The highest BCUT2D eigenvalue weighted by atomic mass is 28.4. The molecule has 0 heterocycles. The zero-order chi connectivity index (χ0) is 17.4. The van der Waals surface area contributed by atoms with E-state index in [2.05, 4.69) is 32.2 Å². The van der Waals surface area contributed by atoms with Crippen LogP contribution in [0.15, 0.2) is 12.2 Å². The van der Waals surface area contributed by atoms with E-state index in [0.29, 0.717) is 0 Å². The zero-order valence-corrected chi connectivity index (χ0v) is 16.6. The summed E-state index contributed by atoms with van der Waals surface area (Å²) in [5, 5.41) is 8.53. The normalized spacial score (nSPS) is 12.1. The molecule has 0 bridgehead atoms. The van der Waals surface area contributed by atoms with Crippen LogP contribution in [0.4, 0.5) is 0 Å². The Hall–Kier alpha value is -0.613. The lowest BCUT2D eigenvalue weighted by Crippen LogP contribution is -2.30. The van der Waals surface area contributed by atoms with Gasteiger partial charge in [-0.3, -0.25) is 4.79 Å². The number of aliphatic carboxylic acids is 1. The number of carbonyl (C=O) groups is 1. The lowest BCUT2D eigenvalue weighted by molar-refractivity contribution is -0.137. The van der Waals surface area contributed by atoms with E-state index in [1.165, 1.54) is 51.0 Å². The fourth-order valence-corrected chi connectivity index (χ4v) is 4.57. The summed E-state index contributed by atoms with van der Waals surface area (Å²) in [5.41, 5.74) is 0. The fraction of sp³-hybridized carbons (Fsp3) is 0.842. The molecule has 0 radical (unpaired) electrons. The third-order valence-corrected chi connectivity index (χ3v) is 6.61. The molecule has 0 aromatic carbocycles. The first-order chi connectivity index (χ1) is 11.0. The Balaban J connectivity index is 3.30. The van der Waals surface area contributed by atoms with E-state index in [0.717, 1.165) is 25.9 Å². The van der Waals surface area contributed by atoms with Crippen LogP contribution in [-0.4, -0.2) is 26.0 Å². The van der Waals surface area contributed by atoms with Crippen LogP contribution < -0.4 is 0 Å². The summed E-state index contributed by atoms with van der Waals surface area (Å²) >= 11 is 0. The summed E-state index contributed by atoms with van der Waals surface area (Å²) in [4.78, 5) is 10.4. The summed E-state index contributed by atoms with van der Waals surface area (Å²) < 4.78 is 6.12. The molecule has 0 aromatic rings. The molecule has 0 fully saturated rings. The van der Waals surface area contributed by atoms with Crippen LogP contribution in [0.1, 0.15) is 77.6 Å². The summed E-state index contributed by atoms with van der Waals surface area (Å²) in [6.45, 7) is 7.87. The van der Waals surface area contributed by atoms with Gasteiger partial charge >= 0.3 is 5.97 Å². The lowest BCUT2D eigenvalue weighted by Gasteiger charge is -2.22. The standard InChI is InChI=1S/C19H38O3Si/c1-4-5-18-23(2,3)22-17-15-13-11-9-7-6-8-10-12-14-16-19(20)21/h8,10H,4-7,9,11-18H2,1-3H3,(H,20,21). The van der Waals surface area contributed by atoms with Gasteiger partial charge in [-0.25, -0.2) is 0 Å². The van der Waals surface area contributed by atoms with Crippen LogP contribution in [0.2, 0.25) is 19.1 Å². The van der Waals surface area contributed by atoms with Crippen molar-refractivity contribution in [2.45, 2.75) is 96.7 Å². The molecule has 0 spiro atoms. The molecule has 0 saturated carbocycles. The lowest BCUT2D eigenvalue weighted by atomic mass is 10.1. The minimum absolute atomic E-state index is 0.282. The van der Waals surface area contributed by atoms with Gasteiger partial charge < -0.3 is 9.53 Å². The fourth-order valence-electron chi connectivity index (χ4n) is 2.52. The molecule has 0 aromatic heterocycles. The van der Waals surface area contributed by atoms with Crippen LogP contribution in [0.5, 0.6) is 0 Å². The van der Waals surface area contributed by atoms with Crippen LogP contribution in [0.25, 0.3) is 0 Å². The highest BCUT2D eigenvalue weighted by Crippen LogP contribution is 2.16. The molecule has 0 aliphatic rings. The van der Waals surface area contributed by atoms with Gasteiger partial charge in [0.05, 0.1) is 0 Å². The molecule has 3 nitrogen and oxygen atoms in total. The van der Waals surface area contributed by atoms with E-state index in [1.54, 1.807) is 0 Å². The van der Waals surface area contributed by atoms with E-state index >= 15 is 0 Å². The molecule has 0 aliphatic heterocycles. The van der Waals surface area contributed by atoms with Crippen molar-refractivity contribution in [3.63, 3.8) is 0 Å². The second kappa shape index (κ2) is 14.9. The van der Waals surface area contributed by atoms with E-state index in [1.807, 2.05) is 0 Å². The van der Waals surface area contributed by atoms with Gasteiger partial charge in [0.2, 0.25) is 0 Å². The number of carboxylic acid groups (broad SMARTS) is 1. The molecular weight excluding hydrogens is 304 g/mol.